The summed E-state index contributed by atoms with van der Waals surface area (Å²) in [6, 6.07) is 20.0. The van der Waals surface area contributed by atoms with E-state index in [0.29, 0.717) is 17.5 Å². The number of carbonyl (C=O) groups excluding carboxylic acids is 2. The molecule has 1 aromatic heterocycles. The van der Waals surface area contributed by atoms with Gasteiger partial charge in [0.1, 0.15) is 17.3 Å². The number of rotatable bonds is 6. The highest BCUT2D eigenvalue weighted by Gasteiger charge is 2.45. The van der Waals surface area contributed by atoms with Crippen molar-refractivity contribution in [2.45, 2.75) is 12.5 Å². The lowest BCUT2D eigenvalue weighted by Crippen LogP contribution is -2.31. The molecule has 1 aliphatic rings. The molecule has 1 amide bonds. The van der Waals surface area contributed by atoms with Gasteiger partial charge in [-0.25, -0.2) is 0 Å². The second-order valence-electron chi connectivity index (χ2n) is 8.43. The first kappa shape index (κ1) is 22.3. The molecule has 3 aromatic carbocycles. The Hall–Kier alpha value is -4.52. The number of aliphatic hydroxyl groups excluding tert-OH is 1. The van der Waals surface area contributed by atoms with Crippen LogP contribution < -0.4 is 4.74 Å². The number of benzene rings is 3. The molecule has 176 valence electrons. The number of carbonyl (C=O) groups is 2. The molecule has 35 heavy (non-hydrogen) atoms. The van der Waals surface area contributed by atoms with Gasteiger partial charge in [0.05, 0.1) is 18.7 Å². The van der Waals surface area contributed by atoms with Crippen LogP contribution in [0, 0.1) is 0 Å². The predicted molar refractivity (Wildman–Crippen MR) is 132 cm³/mol. The third kappa shape index (κ3) is 4.01. The number of aromatic hydroxyl groups is 1. The number of nitrogens with zero attached hydrogens (tertiary/aromatic N) is 1. The van der Waals surface area contributed by atoms with Crippen molar-refractivity contribution in [3.8, 4) is 11.5 Å². The van der Waals surface area contributed by atoms with Crippen LogP contribution in [-0.4, -0.2) is 45.4 Å². The summed E-state index contributed by atoms with van der Waals surface area (Å²) >= 11 is 0. The third-order valence-electron chi connectivity index (χ3n) is 6.39. The Bertz CT molecular complexity index is 1440. The zero-order valence-electron chi connectivity index (χ0n) is 19.1. The molecule has 0 bridgehead atoms. The maximum atomic E-state index is 13.2. The van der Waals surface area contributed by atoms with Crippen molar-refractivity contribution in [3.05, 3.63) is 101 Å². The van der Waals surface area contributed by atoms with E-state index in [2.05, 4.69) is 4.98 Å². The topological polar surface area (TPSA) is 103 Å². The van der Waals surface area contributed by atoms with Crippen LogP contribution in [-0.2, 0) is 16.0 Å². The quantitative estimate of drug-likeness (QED) is 0.219. The minimum Gasteiger partial charge on any atom is -0.508 e. The molecular formula is C28H24N2O5. The van der Waals surface area contributed by atoms with Crippen LogP contribution in [0.2, 0.25) is 0 Å². The van der Waals surface area contributed by atoms with Gasteiger partial charge in [-0.2, -0.15) is 0 Å². The van der Waals surface area contributed by atoms with Gasteiger partial charge < -0.3 is 24.8 Å². The van der Waals surface area contributed by atoms with Gasteiger partial charge in [-0.05, 0) is 47.9 Å². The first-order valence-electron chi connectivity index (χ1n) is 11.2. The highest BCUT2D eigenvalue weighted by atomic mass is 16.5. The summed E-state index contributed by atoms with van der Waals surface area (Å²) in [5, 5.41) is 21.8. The number of hydrogen-bond donors (Lipinski definition) is 3. The van der Waals surface area contributed by atoms with Crippen LogP contribution in [0.4, 0.5) is 0 Å². The van der Waals surface area contributed by atoms with Gasteiger partial charge in [-0.15, -0.1) is 0 Å². The van der Waals surface area contributed by atoms with Crippen LogP contribution in [0.15, 0.2) is 84.6 Å². The first-order valence-corrected chi connectivity index (χ1v) is 11.2. The van der Waals surface area contributed by atoms with Crippen molar-refractivity contribution in [2.75, 3.05) is 13.7 Å². The van der Waals surface area contributed by atoms with E-state index in [0.717, 1.165) is 22.2 Å². The summed E-state index contributed by atoms with van der Waals surface area (Å²) in [6.07, 6.45) is 2.38. The number of methoxy groups -OCH3 is 1. The number of Topliss-reactive ketones (excluding diaryl/α,β-unsaturated/α-hetero) is 1. The molecule has 7 heteroatoms. The number of phenolic OH excluding ortho intramolecular Hbond substituents is 1. The largest absolute Gasteiger partial charge is 0.508 e. The molecule has 5 rings (SSSR count). The number of hydrogen-bond acceptors (Lipinski definition) is 5. The third-order valence-corrected chi connectivity index (χ3v) is 6.39. The Balaban J connectivity index is 1.55. The highest BCUT2D eigenvalue weighted by Crippen LogP contribution is 2.40. The number of aliphatic hydroxyl groups is 1. The molecule has 1 atom stereocenters. The molecule has 4 aromatic rings. The lowest BCUT2D eigenvalue weighted by Gasteiger charge is -2.25. The van der Waals surface area contributed by atoms with Crippen LogP contribution in [0.5, 0.6) is 11.5 Å². The smallest absolute Gasteiger partial charge is 0.295 e. The summed E-state index contributed by atoms with van der Waals surface area (Å²) in [4.78, 5) is 31.1. The van der Waals surface area contributed by atoms with Crippen LogP contribution >= 0.6 is 0 Å². The fourth-order valence-electron chi connectivity index (χ4n) is 4.60. The minimum absolute atomic E-state index is 0.0347. The van der Waals surface area contributed by atoms with Crippen molar-refractivity contribution < 1.29 is 24.5 Å². The molecule has 1 aliphatic heterocycles. The van der Waals surface area contributed by atoms with Crippen LogP contribution in [0.1, 0.15) is 22.7 Å². The van der Waals surface area contributed by atoms with E-state index in [9.17, 15) is 19.8 Å². The number of amides is 1. The van der Waals surface area contributed by atoms with Crippen molar-refractivity contribution in [1.29, 1.82) is 0 Å². The van der Waals surface area contributed by atoms with Gasteiger partial charge in [-0.1, -0.05) is 42.5 Å². The van der Waals surface area contributed by atoms with Gasteiger partial charge in [0.2, 0.25) is 0 Å². The first-order chi connectivity index (χ1) is 17.0. The van der Waals surface area contributed by atoms with Crippen molar-refractivity contribution in [3.63, 3.8) is 0 Å². The molecule has 0 radical (unpaired) electrons. The van der Waals surface area contributed by atoms with Gasteiger partial charge >= 0.3 is 0 Å². The maximum Gasteiger partial charge on any atom is 0.295 e. The fraction of sp³-hybridized carbons (Fsp3) is 0.143. The van der Waals surface area contributed by atoms with E-state index in [1.807, 2.05) is 30.5 Å². The molecule has 2 heterocycles. The number of nitrogens with one attached hydrogen (secondary N) is 1. The van der Waals surface area contributed by atoms with Crippen LogP contribution in [0.3, 0.4) is 0 Å². The number of aromatic nitrogens is 1. The molecular weight excluding hydrogens is 444 g/mol. The normalized spacial score (nSPS) is 17.3. The second-order valence-corrected chi connectivity index (χ2v) is 8.43. The van der Waals surface area contributed by atoms with Gasteiger partial charge in [0.25, 0.3) is 11.7 Å². The molecule has 0 spiro atoms. The van der Waals surface area contributed by atoms with Gasteiger partial charge in [0.15, 0.2) is 0 Å². The monoisotopic (exact) mass is 468 g/mol. The zero-order valence-corrected chi connectivity index (χ0v) is 19.1. The SMILES string of the molecule is COc1ccc2[nH]cc(CCN3C(=O)C(=O)/C(=C(\O)c4ccccc4)C3c3ccc(O)cc3)c2c1. The van der Waals surface area contributed by atoms with Gasteiger partial charge in [0, 0.05) is 29.2 Å². The maximum absolute atomic E-state index is 13.2. The molecule has 0 aliphatic carbocycles. The Morgan fingerprint density at radius 3 is 2.49 bits per heavy atom. The van der Waals surface area contributed by atoms with Crippen molar-refractivity contribution in [1.82, 2.24) is 9.88 Å². The van der Waals surface area contributed by atoms with Crippen molar-refractivity contribution in [2.24, 2.45) is 0 Å². The molecule has 7 nitrogen and oxygen atoms in total. The van der Waals surface area contributed by atoms with Crippen molar-refractivity contribution >= 4 is 28.4 Å². The van der Waals surface area contributed by atoms with E-state index in [-0.39, 0.29) is 23.6 Å². The average molecular weight is 469 g/mol. The molecule has 1 saturated heterocycles. The molecule has 0 saturated carbocycles. The lowest BCUT2D eigenvalue weighted by molar-refractivity contribution is -0.139. The lowest BCUT2D eigenvalue weighted by atomic mass is 9.95. The number of aromatic amines is 1. The Morgan fingerprint density at radius 1 is 1.03 bits per heavy atom. The van der Waals surface area contributed by atoms with E-state index in [1.54, 1.807) is 43.5 Å². The number of ketones is 1. The predicted octanol–water partition coefficient (Wildman–Crippen LogP) is 4.55. The number of fused-ring (bicyclic) bond motifs is 1. The summed E-state index contributed by atoms with van der Waals surface area (Å²) in [5.41, 5.74) is 3.04. The highest BCUT2D eigenvalue weighted by molar-refractivity contribution is 6.46. The Labute approximate surface area is 201 Å². The van der Waals surface area contributed by atoms with E-state index in [1.165, 1.54) is 17.0 Å². The van der Waals surface area contributed by atoms with Gasteiger partial charge in [-0.3, -0.25) is 9.59 Å². The van der Waals surface area contributed by atoms with E-state index >= 15 is 0 Å². The number of likely N-dealkylation sites (tertiary alicyclic amines) is 1. The Kier molecular flexibility index (Phi) is 5.74. The van der Waals surface area contributed by atoms with E-state index in [4.69, 9.17) is 4.74 Å². The number of H-pyrrole nitrogens is 1. The summed E-state index contributed by atoms with van der Waals surface area (Å²) in [5.74, 6) is -0.823. The minimum atomic E-state index is -0.782. The standard InChI is InChI=1S/C28H24N2O5/c1-35-21-11-12-23-22(15-21)19(16-29-23)13-14-30-25(17-7-9-20(31)10-8-17)24(27(33)28(30)34)26(32)18-5-3-2-4-6-18/h2-12,15-16,25,29,31-32H,13-14H2,1H3/b26-24-. The zero-order chi connectivity index (χ0) is 24.5. The molecule has 1 fully saturated rings. The molecule has 3 N–H and O–H groups in total. The molecule has 1 unspecified atom stereocenters. The summed E-state index contributed by atoms with van der Waals surface area (Å²) in [6.45, 7) is 0.256. The summed E-state index contributed by atoms with van der Waals surface area (Å²) in [7, 11) is 1.61. The average Bonchev–Trinajstić information content (AvgIpc) is 3.41. The second kappa shape index (κ2) is 9.02. The summed E-state index contributed by atoms with van der Waals surface area (Å²) < 4.78 is 5.35. The van der Waals surface area contributed by atoms with E-state index < -0.39 is 17.7 Å². The number of ether oxygens (including phenoxy) is 1. The van der Waals surface area contributed by atoms with Crippen LogP contribution in [0.25, 0.3) is 16.7 Å². The Morgan fingerprint density at radius 2 is 1.77 bits per heavy atom. The number of phenols is 1. The fourth-order valence-corrected chi connectivity index (χ4v) is 4.60.